The van der Waals surface area contributed by atoms with Crippen LogP contribution in [0.2, 0.25) is 5.02 Å². The van der Waals surface area contributed by atoms with Crippen molar-refractivity contribution >= 4 is 41.5 Å². The van der Waals surface area contributed by atoms with Crippen LogP contribution in [0.15, 0.2) is 74.8 Å². The third-order valence-corrected chi connectivity index (χ3v) is 4.43. The molecule has 4 rings (SSSR count). The number of oxazole rings is 1. The molecule has 2 aromatic carbocycles. The zero-order chi connectivity index (χ0) is 20.8. The quantitative estimate of drug-likeness (QED) is 0.207. The molecule has 8 nitrogen and oxygen atoms in total. The van der Waals surface area contributed by atoms with Gasteiger partial charge in [-0.05, 0) is 24.3 Å². The lowest BCUT2D eigenvalue weighted by Crippen LogP contribution is -2.36. The number of aliphatic imine (C=N–C) groups is 1. The fourth-order valence-electron chi connectivity index (χ4n) is 2.73. The third-order valence-electron chi connectivity index (χ3n) is 4.19. The van der Waals surface area contributed by atoms with Crippen molar-refractivity contribution in [1.29, 1.82) is 0 Å². The summed E-state index contributed by atoms with van der Waals surface area (Å²) in [4.78, 5) is 13.0. The summed E-state index contributed by atoms with van der Waals surface area (Å²) in [6, 6.07) is 17.0. The van der Waals surface area contributed by atoms with E-state index in [1.54, 1.807) is 25.4 Å². The first-order valence-electron chi connectivity index (χ1n) is 9.24. The molecule has 0 radical (unpaired) electrons. The molecule has 0 saturated heterocycles. The monoisotopic (exact) mass is 550 g/mol. The molecule has 0 aliphatic rings. The van der Waals surface area contributed by atoms with Crippen LogP contribution >= 0.6 is 35.6 Å². The smallest absolute Gasteiger partial charge is 0.246 e. The van der Waals surface area contributed by atoms with E-state index in [1.165, 1.54) is 0 Å². The summed E-state index contributed by atoms with van der Waals surface area (Å²) in [5.74, 6) is 2.06. The van der Waals surface area contributed by atoms with Gasteiger partial charge in [-0.1, -0.05) is 47.1 Å². The van der Waals surface area contributed by atoms with E-state index in [4.69, 9.17) is 20.5 Å². The Bertz CT molecular complexity index is 1150. The lowest BCUT2D eigenvalue weighted by Gasteiger charge is -2.08. The largest absolute Gasteiger partial charge is 0.444 e. The minimum atomic E-state index is 0. The van der Waals surface area contributed by atoms with Gasteiger partial charge in [0.15, 0.2) is 5.96 Å². The minimum Gasteiger partial charge on any atom is -0.444 e. The number of nitrogens with one attached hydrogen (secondary N) is 2. The number of halogens is 2. The SMILES string of the molecule is CN=C(NCc1coc(-c2ccccc2)n1)NCc1nc(-c2cccc(Cl)c2)no1.I. The Balaban J connectivity index is 0.00000272. The highest BCUT2D eigenvalue weighted by Gasteiger charge is 2.10. The highest BCUT2D eigenvalue weighted by atomic mass is 127. The molecule has 0 aliphatic heterocycles. The summed E-state index contributed by atoms with van der Waals surface area (Å²) in [5.41, 5.74) is 2.48. The molecule has 0 fully saturated rings. The number of nitrogens with zero attached hydrogens (tertiary/aromatic N) is 4. The molecule has 0 bridgehead atoms. The second-order valence-corrected chi connectivity index (χ2v) is 6.75. The van der Waals surface area contributed by atoms with E-state index in [-0.39, 0.29) is 24.0 Å². The Hall–Kier alpha value is -2.92. The van der Waals surface area contributed by atoms with Crippen molar-refractivity contribution in [2.45, 2.75) is 13.1 Å². The second kappa shape index (κ2) is 10.9. The number of hydrogen-bond donors (Lipinski definition) is 2. The van der Waals surface area contributed by atoms with Crippen molar-refractivity contribution in [2.75, 3.05) is 7.05 Å². The molecule has 4 aromatic rings. The van der Waals surface area contributed by atoms with Crippen molar-refractivity contribution in [3.8, 4) is 22.8 Å². The number of guanidine groups is 1. The van der Waals surface area contributed by atoms with Gasteiger partial charge in [0.2, 0.25) is 17.6 Å². The molecule has 2 N–H and O–H groups in total. The van der Waals surface area contributed by atoms with Crippen LogP contribution < -0.4 is 10.6 Å². The van der Waals surface area contributed by atoms with Gasteiger partial charge in [-0.15, -0.1) is 24.0 Å². The van der Waals surface area contributed by atoms with E-state index in [2.05, 4.69) is 30.8 Å². The first-order valence-corrected chi connectivity index (χ1v) is 9.62. The van der Waals surface area contributed by atoms with Crippen LogP contribution in [0.4, 0.5) is 0 Å². The molecule has 0 saturated carbocycles. The Morgan fingerprint density at radius 3 is 2.55 bits per heavy atom. The van der Waals surface area contributed by atoms with Gasteiger partial charge in [-0.2, -0.15) is 4.98 Å². The van der Waals surface area contributed by atoms with Crippen molar-refractivity contribution in [3.63, 3.8) is 0 Å². The maximum Gasteiger partial charge on any atom is 0.246 e. The van der Waals surface area contributed by atoms with E-state index in [0.717, 1.165) is 16.8 Å². The molecule has 10 heteroatoms. The molecule has 31 heavy (non-hydrogen) atoms. The molecule has 2 heterocycles. The normalized spacial score (nSPS) is 11.1. The van der Waals surface area contributed by atoms with E-state index in [0.29, 0.717) is 41.7 Å². The Morgan fingerprint density at radius 1 is 1.00 bits per heavy atom. The van der Waals surface area contributed by atoms with Crippen LogP contribution in [-0.2, 0) is 13.1 Å². The predicted molar refractivity (Wildman–Crippen MR) is 129 cm³/mol. The van der Waals surface area contributed by atoms with Gasteiger partial charge < -0.3 is 19.6 Å². The van der Waals surface area contributed by atoms with Crippen molar-refractivity contribution in [1.82, 2.24) is 25.8 Å². The van der Waals surface area contributed by atoms with Crippen molar-refractivity contribution < 1.29 is 8.94 Å². The summed E-state index contributed by atoms with van der Waals surface area (Å²) in [5, 5.41) is 10.9. The van der Waals surface area contributed by atoms with Crippen LogP contribution in [-0.4, -0.2) is 28.1 Å². The molecule has 2 aromatic heterocycles. The summed E-state index contributed by atoms with van der Waals surface area (Å²) in [7, 11) is 1.68. The van der Waals surface area contributed by atoms with Crippen LogP contribution in [0.1, 0.15) is 11.6 Å². The molecular formula is C21H20ClIN6O2. The van der Waals surface area contributed by atoms with Gasteiger partial charge in [0.1, 0.15) is 6.26 Å². The molecule has 0 aliphatic carbocycles. The Morgan fingerprint density at radius 2 is 1.77 bits per heavy atom. The summed E-state index contributed by atoms with van der Waals surface area (Å²) < 4.78 is 10.8. The highest BCUT2D eigenvalue weighted by molar-refractivity contribution is 14.0. The summed E-state index contributed by atoms with van der Waals surface area (Å²) in [6.07, 6.45) is 1.62. The first kappa shape index (κ1) is 22.8. The van der Waals surface area contributed by atoms with Gasteiger partial charge in [-0.3, -0.25) is 4.99 Å². The van der Waals surface area contributed by atoms with Crippen LogP contribution in [0, 0.1) is 0 Å². The van der Waals surface area contributed by atoms with Crippen LogP contribution in [0.3, 0.4) is 0 Å². The predicted octanol–water partition coefficient (Wildman–Crippen LogP) is 4.53. The van der Waals surface area contributed by atoms with E-state index >= 15 is 0 Å². The second-order valence-electron chi connectivity index (χ2n) is 6.31. The fraction of sp³-hybridized carbons (Fsp3) is 0.143. The Kier molecular flexibility index (Phi) is 8.01. The lowest BCUT2D eigenvalue weighted by atomic mass is 10.2. The average molecular weight is 551 g/mol. The number of aromatic nitrogens is 3. The average Bonchev–Trinajstić information content (AvgIpc) is 3.44. The first-order chi connectivity index (χ1) is 14.7. The van der Waals surface area contributed by atoms with Gasteiger partial charge >= 0.3 is 0 Å². The zero-order valence-corrected chi connectivity index (χ0v) is 19.7. The molecule has 160 valence electrons. The number of benzene rings is 2. The van der Waals surface area contributed by atoms with E-state index in [9.17, 15) is 0 Å². The minimum absolute atomic E-state index is 0. The highest BCUT2D eigenvalue weighted by Crippen LogP contribution is 2.20. The topological polar surface area (TPSA) is 101 Å². The molecular weight excluding hydrogens is 531 g/mol. The van der Waals surface area contributed by atoms with E-state index in [1.807, 2.05) is 42.5 Å². The molecule has 0 atom stereocenters. The van der Waals surface area contributed by atoms with Gasteiger partial charge in [0.05, 0.1) is 18.8 Å². The van der Waals surface area contributed by atoms with Crippen molar-refractivity contribution in [3.05, 3.63) is 77.5 Å². The standard InChI is InChI=1S/C21H19ClN6O2.HI/c1-23-21(24-11-17-13-29-20(26-17)14-6-3-2-4-7-14)25-12-18-27-19(28-30-18)15-8-5-9-16(22)10-15;/h2-10,13H,11-12H2,1H3,(H2,23,24,25);1H. The summed E-state index contributed by atoms with van der Waals surface area (Å²) >= 11 is 6.01. The fourth-order valence-corrected chi connectivity index (χ4v) is 2.92. The molecule has 0 unspecified atom stereocenters. The summed E-state index contributed by atoms with van der Waals surface area (Å²) in [6.45, 7) is 0.773. The van der Waals surface area contributed by atoms with Gasteiger partial charge in [0, 0.05) is 23.2 Å². The molecule has 0 amide bonds. The van der Waals surface area contributed by atoms with E-state index < -0.39 is 0 Å². The number of hydrogen-bond acceptors (Lipinski definition) is 6. The lowest BCUT2D eigenvalue weighted by molar-refractivity contribution is 0.375. The maximum absolute atomic E-state index is 6.01. The zero-order valence-electron chi connectivity index (χ0n) is 16.6. The van der Waals surface area contributed by atoms with Crippen molar-refractivity contribution in [2.24, 2.45) is 4.99 Å². The van der Waals surface area contributed by atoms with Gasteiger partial charge in [0.25, 0.3) is 0 Å². The number of rotatable bonds is 6. The molecule has 0 spiro atoms. The van der Waals surface area contributed by atoms with Crippen LogP contribution in [0.5, 0.6) is 0 Å². The van der Waals surface area contributed by atoms with Gasteiger partial charge in [-0.25, -0.2) is 4.98 Å². The maximum atomic E-state index is 6.01. The van der Waals surface area contributed by atoms with Crippen LogP contribution in [0.25, 0.3) is 22.8 Å². The Labute approximate surface area is 201 Å². The third kappa shape index (κ3) is 6.05.